The standard InChI is InChI=1S/C26H36N4O4S/c1-19-14-30(20(2)17-31)35(32,33)26-10-9-23(22-7-5-4-6-8-22)11-24(26)34-25(19)16-29(3)15-21-12-27-18-28-13-21/h7,9-13,18-20,25,31H,4-6,8,14-17H2,1-3H3/t19-,20-,25+/m1/s1. The van der Waals surface area contributed by atoms with Gasteiger partial charge < -0.3 is 9.84 Å². The van der Waals surface area contributed by atoms with Gasteiger partial charge in [0, 0.05) is 49.6 Å². The molecular weight excluding hydrogens is 464 g/mol. The number of fused-ring (bicyclic) bond motifs is 1. The molecule has 1 N–H and O–H groups in total. The van der Waals surface area contributed by atoms with E-state index in [9.17, 15) is 13.5 Å². The molecule has 35 heavy (non-hydrogen) atoms. The summed E-state index contributed by atoms with van der Waals surface area (Å²) in [5, 5.41) is 9.84. The van der Waals surface area contributed by atoms with Crippen LogP contribution in [0.1, 0.15) is 50.7 Å². The molecule has 0 saturated heterocycles. The maximum atomic E-state index is 13.7. The highest BCUT2D eigenvalue weighted by atomic mass is 32.2. The summed E-state index contributed by atoms with van der Waals surface area (Å²) in [5.74, 6) is 0.288. The van der Waals surface area contributed by atoms with Crippen molar-refractivity contribution in [2.24, 2.45) is 5.92 Å². The van der Waals surface area contributed by atoms with Crippen molar-refractivity contribution in [1.29, 1.82) is 0 Å². The Balaban J connectivity index is 1.69. The first-order valence-corrected chi connectivity index (χ1v) is 13.8. The second-order valence-corrected chi connectivity index (χ2v) is 11.7. The van der Waals surface area contributed by atoms with Gasteiger partial charge in [-0.25, -0.2) is 18.4 Å². The number of ether oxygens (including phenoxy) is 1. The molecule has 0 saturated carbocycles. The molecule has 3 atom stereocenters. The Kier molecular flexibility index (Phi) is 8.21. The lowest BCUT2D eigenvalue weighted by Crippen LogP contribution is -2.49. The van der Waals surface area contributed by atoms with Gasteiger partial charge in [-0.2, -0.15) is 4.31 Å². The van der Waals surface area contributed by atoms with E-state index in [0.29, 0.717) is 18.8 Å². The lowest BCUT2D eigenvalue weighted by molar-refractivity contribution is 0.0733. The number of allylic oxidation sites excluding steroid dienone is 2. The molecule has 1 aliphatic carbocycles. The minimum atomic E-state index is -3.84. The zero-order chi connectivity index (χ0) is 25.0. The SMILES string of the molecule is C[C@@H]1CN([C@H](C)CO)S(=O)(=O)c2ccc(C3=CCCCC3)cc2O[C@H]1CN(C)Cc1cncnc1. The molecule has 0 spiro atoms. The smallest absolute Gasteiger partial charge is 0.247 e. The number of hydrogen-bond donors (Lipinski definition) is 1. The van der Waals surface area contributed by atoms with E-state index < -0.39 is 16.1 Å². The van der Waals surface area contributed by atoms with Crippen LogP contribution in [0.5, 0.6) is 5.75 Å². The van der Waals surface area contributed by atoms with Gasteiger partial charge in [0.25, 0.3) is 0 Å². The fraction of sp³-hybridized carbons (Fsp3) is 0.538. The molecule has 2 aromatic rings. The van der Waals surface area contributed by atoms with E-state index in [1.165, 1.54) is 22.6 Å². The summed E-state index contributed by atoms with van der Waals surface area (Å²) in [7, 11) is -1.83. The zero-order valence-electron chi connectivity index (χ0n) is 20.8. The zero-order valence-corrected chi connectivity index (χ0v) is 21.6. The number of aliphatic hydroxyl groups excluding tert-OH is 1. The molecule has 8 nitrogen and oxygen atoms in total. The third-order valence-electron chi connectivity index (χ3n) is 6.89. The van der Waals surface area contributed by atoms with Crippen LogP contribution in [0, 0.1) is 5.92 Å². The molecule has 190 valence electrons. The molecule has 9 heteroatoms. The van der Waals surface area contributed by atoms with Crippen molar-refractivity contribution in [3.05, 3.63) is 54.1 Å². The minimum absolute atomic E-state index is 0.0982. The minimum Gasteiger partial charge on any atom is -0.487 e. The maximum Gasteiger partial charge on any atom is 0.247 e. The second kappa shape index (κ2) is 11.2. The molecule has 1 aliphatic heterocycles. The molecule has 2 heterocycles. The molecule has 0 unspecified atom stereocenters. The average Bonchev–Trinajstić information content (AvgIpc) is 2.86. The van der Waals surface area contributed by atoms with Crippen molar-refractivity contribution < 1.29 is 18.3 Å². The van der Waals surface area contributed by atoms with Gasteiger partial charge in [-0.15, -0.1) is 0 Å². The Labute approximate surface area is 208 Å². The first-order chi connectivity index (χ1) is 16.8. The fourth-order valence-corrected chi connectivity index (χ4v) is 6.66. The molecule has 0 radical (unpaired) electrons. The van der Waals surface area contributed by atoms with E-state index in [-0.39, 0.29) is 30.1 Å². The summed E-state index contributed by atoms with van der Waals surface area (Å²) >= 11 is 0. The van der Waals surface area contributed by atoms with Gasteiger partial charge in [0.05, 0.1) is 6.61 Å². The van der Waals surface area contributed by atoms with Crippen molar-refractivity contribution >= 4 is 15.6 Å². The third-order valence-corrected chi connectivity index (χ3v) is 8.91. The summed E-state index contributed by atoms with van der Waals surface area (Å²) < 4.78 is 35.3. The Morgan fingerprint density at radius 3 is 2.71 bits per heavy atom. The number of nitrogens with zero attached hydrogens (tertiary/aromatic N) is 4. The number of benzene rings is 1. The third kappa shape index (κ3) is 5.91. The van der Waals surface area contributed by atoms with Gasteiger partial charge in [0.15, 0.2) is 0 Å². The van der Waals surface area contributed by atoms with E-state index in [0.717, 1.165) is 30.4 Å². The Bertz CT molecular complexity index is 1140. The van der Waals surface area contributed by atoms with Crippen molar-refractivity contribution in [2.75, 3.05) is 26.7 Å². The molecule has 1 aromatic carbocycles. The summed E-state index contributed by atoms with van der Waals surface area (Å²) in [4.78, 5) is 10.5. The number of sulfonamides is 1. The summed E-state index contributed by atoms with van der Waals surface area (Å²) in [6.45, 7) is 5.03. The average molecular weight is 501 g/mol. The predicted molar refractivity (Wildman–Crippen MR) is 135 cm³/mol. The number of rotatable bonds is 7. The van der Waals surface area contributed by atoms with Crippen LogP contribution in [0.15, 0.2) is 47.9 Å². The van der Waals surface area contributed by atoms with E-state index in [1.807, 2.05) is 26.1 Å². The number of hydrogen-bond acceptors (Lipinski definition) is 7. The highest BCUT2D eigenvalue weighted by Crippen LogP contribution is 2.37. The first kappa shape index (κ1) is 25.8. The van der Waals surface area contributed by atoms with Crippen molar-refractivity contribution in [3.8, 4) is 5.75 Å². The van der Waals surface area contributed by atoms with Crippen molar-refractivity contribution in [3.63, 3.8) is 0 Å². The lowest BCUT2D eigenvalue weighted by atomic mass is 9.93. The van der Waals surface area contributed by atoms with Crippen LogP contribution in [0.25, 0.3) is 5.57 Å². The molecule has 1 aromatic heterocycles. The summed E-state index contributed by atoms with van der Waals surface area (Å²) in [6.07, 6.45) is 11.5. The van der Waals surface area contributed by atoms with Gasteiger partial charge >= 0.3 is 0 Å². The summed E-state index contributed by atoms with van der Waals surface area (Å²) in [5.41, 5.74) is 3.26. The van der Waals surface area contributed by atoms with Crippen molar-refractivity contribution in [2.45, 2.75) is 63.1 Å². The fourth-order valence-electron chi connectivity index (χ4n) is 4.84. The van der Waals surface area contributed by atoms with Crippen LogP contribution < -0.4 is 4.74 Å². The van der Waals surface area contributed by atoms with Crippen LogP contribution in [0.4, 0.5) is 0 Å². The second-order valence-electron chi connectivity index (χ2n) is 9.82. The normalized spacial score (nSPS) is 23.5. The largest absolute Gasteiger partial charge is 0.487 e. The van der Waals surface area contributed by atoms with Crippen LogP contribution >= 0.6 is 0 Å². The summed E-state index contributed by atoms with van der Waals surface area (Å²) in [6, 6.07) is 4.92. The highest BCUT2D eigenvalue weighted by Gasteiger charge is 2.38. The van der Waals surface area contributed by atoms with E-state index in [2.05, 4.69) is 20.9 Å². The number of aromatic nitrogens is 2. The van der Waals surface area contributed by atoms with Crippen molar-refractivity contribution in [1.82, 2.24) is 19.2 Å². The van der Waals surface area contributed by atoms with Crippen LogP contribution in [0.2, 0.25) is 0 Å². The van der Waals surface area contributed by atoms with E-state index in [1.54, 1.807) is 25.4 Å². The Morgan fingerprint density at radius 1 is 1.26 bits per heavy atom. The van der Waals surface area contributed by atoms with Gasteiger partial charge in [-0.3, -0.25) is 4.90 Å². The molecule has 0 fully saturated rings. The first-order valence-electron chi connectivity index (χ1n) is 12.3. The van der Waals surface area contributed by atoms with Crippen LogP contribution in [-0.2, 0) is 16.6 Å². The highest BCUT2D eigenvalue weighted by molar-refractivity contribution is 7.89. The van der Waals surface area contributed by atoms with Gasteiger partial charge in [0.1, 0.15) is 23.1 Å². The number of aliphatic hydroxyl groups is 1. The molecule has 2 aliphatic rings. The Morgan fingerprint density at radius 2 is 2.03 bits per heavy atom. The van der Waals surface area contributed by atoms with Crippen LogP contribution in [0.3, 0.4) is 0 Å². The quantitative estimate of drug-likeness (QED) is 0.623. The number of likely N-dealkylation sites (N-methyl/N-ethyl adjacent to an activating group) is 1. The van der Waals surface area contributed by atoms with Crippen LogP contribution in [-0.4, -0.2) is 71.6 Å². The van der Waals surface area contributed by atoms with Gasteiger partial charge in [0.2, 0.25) is 10.0 Å². The van der Waals surface area contributed by atoms with E-state index in [4.69, 9.17) is 4.74 Å². The monoisotopic (exact) mass is 500 g/mol. The Hall–Kier alpha value is -2.33. The lowest BCUT2D eigenvalue weighted by Gasteiger charge is -2.37. The molecular formula is C26H36N4O4S. The van der Waals surface area contributed by atoms with E-state index >= 15 is 0 Å². The molecule has 0 amide bonds. The predicted octanol–water partition coefficient (Wildman–Crippen LogP) is 3.33. The van der Waals surface area contributed by atoms with Gasteiger partial charge in [-0.1, -0.05) is 19.1 Å². The topological polar surface area (TPSA) is 95.9 Å². The molecule has 0 bridgehead atoms. The van der Waals surface area contributed by atoms with Gasteiger partial charge in [-0.05, 0) is 62.9 Å². The maximum absolute atomic E-state index is 13.7. The molecule has 4 rings (SSSR count).